The first-order chi connectivity index (χ1) is 11.8. The zero-order chi connectivity index (χ0) is 16.8. The van der Waals surface area contributed by atoms with Gasteiger partial charge in [0.05, 0.1) is 17.6 Å². The molecule has 0 atom stereocenters. The van der Waals surface area contributed by atoms with Crippen LogP contribution in [0.2, 0.25) is 0 Å². The van der Waals surface area contributed by atoms with Gasteiger partial charge >= 0.3 is 0 Å². The van der Waals surface area contributed by atoms with Crippen LogP contribution in [0.5, 0.6) is 0 Å². The van der Waals surface area contributed by atoms with E-state index in [1.165, 1.54) is 10.8 Å². The molecule has 3 rings (SSSR count). The number of rotatable bonds is 5. The van der Waals surface area contributed by atoms with E-state index in [1.54, 1.807) is 0 Å². The van der Waals surface area contributed by atoms with Gasteiger partial charge in [-0.1, -0.05) is 79.4 Å². The predicted molar refractivity (Wildman–Crippen MR) is 105 cm³/mol. The van der Waals surface area contributed by atoms with E-state index >= 15 is 0 Å². The lowest BCUT2D eigenvalue weighted by Crippen LogP contribution is -2.01. The molecule has 0 spiro atoms. The Hall–Kier alpha value is -3.13. The minimum Gasteiger partial charge on any atom is -0.354 e. The van der Waals surface area contributed by atoms with Gasteiger partial charge in [-0.3, -0.25) is 4.99 Å². The van der Waals surface area contributed by atoms with Gasteiger partial charge < -0.3 is 5.32 Å². The molecule has 0 bridgehead atoms. The third kappa shape index (κ3) is 3.61. The molecule has 0 saturated heterocycles. The Labute approximate surface area is 142 Å². The molecule has 0 saturated carbocycles. The maximum atomic E-state index is 4.49. The second-order valence-corrected chi connectivity index (χ2v) is 5.47. The zero-order valence-corrected chi connectivity index (χ0v) is 13.7. The van der Waals surface area contributed by atoms with E-state index in [1.807, 2.05) is 61.7 Å². The second kappa shape index (κ2) is 7.42. The summed E-state index contributed by atoms with van der Waals surface area (Å²) in [5.74, 6) is 0. The molecule has 0 unspecified atom stereocenters. The normalized spacial score (nSPS) is 11.8. The summed E-state index contributed by atoms with van der Waals surface area (Å²) in [6.07, 6.45) is 3.82. The highest BCUT2D eigenvalue weighted by molar-refractivity contribution is 5.97. The van der Waals surface area contributed by atoms with Gasteiger partial charge in [0, 0.05) is 11.1 Å². The van der Waals surface area contributed by atoms with Crippen LogP contribution in [0.15, 0.2) is 96.1 Å². The highest BCUT2D eigenvalue weighted by atomic mass is 14.9. The number of nitrogens with zero attached hydrogens (tertiary/aromatic N) is 1. The van der Waals surface area contributed by atoms with Gasteiger partial charge in [0.25, 0.3) is 0 Å². The second-order valence-electron chi connectivity index (χ2n) is 5.47. The van der Waals surface area contributed by atoms with E-state index in [0.717, 1.165) is 22.6 Å². The van der Waals surface area contributed by atoms with Crippen molar-refractivity contribution in [3.05, 3.63) is 96.7 Å². The maximum absolute atomic E-state index is 4.49. The smallest absolute Gasteiger partial charge is 0.0631 e. The molecule has 118 valence electrons. The number of nitrogens with one attached hydrogen (secondary N) is 1. The maximum Gasteiger partial charge on any atom is 0.0631 e. The van der Waals surface area contributed by atoms with Crippen LogP contribution in [-0.4, -0.2) is 6.21 Å². The molecule has 0 aliphatic carbocycles. The largest absolute Gasteiger partial charge is 0.354 e. The van der Waals surface area contributed by atoms with E-state index in [4.69, 9.17) is 0 Å². The van der Waals surface area contributed by atoms with Crippen molar-refractivity contribution in [2.75, 3.05) is 5.32 Å². The number of hydrogen-bond acceptors (Lipinski definition) is 2. The molecular weight excluding hydrogens is 292 g/mol. The van der Waals surface area contributed by atoms with Gasteiger partial charge in [-0.05, 0) is 23.9 Å². The van der Waals surface area contributed by atoms with Crippen molar-refractivity contribution in [1.29, 1.82) is 0 Å². The Balaban J connectivity index is 1.80. The van der Waals surface area contributed by atoms with Gasteiger partial charge in [0.1, 0.15) is 0 Å². The van der Waals surface area contributed by atoms with Crippen LogP contribution < -0.4 is 5.32 Å². The van der Waals surface area contributed by atoms with E-state index in [0.29, 0.717) is 0 Å². The van der Waals surface area contributed by atoms with Gasteiger partial charge in [-0.25, -0.2) is 0 Å². The Morgan fingerprint density at radius 3 is 2.42 bits per heavy atom. The minimum atomic E-state index is 0.745. The Morgan fingerprint density at radius 2 is 1.62 bits per heavy atom. The number of benzene rings is 3. The lowest BCUT2D eigenvalue weighted by molar-refractivity contribution is 1.48. The average molecular weight is 312 g/mol. The molecule has 0 aliphatic rings. The summed E-state index contributed by atoms with van der Waals surface area (Å²) in [6, 6.07) is 24.5. The number of hydrogen-bond donors (Lipinski definition) is 1. The zero-order valence-electron chi connectivity index (χ0n) is 13.7. The highest BCUT2D eigenvalue weighted by Crippen LogP contribution is 2.24. The number of anilines is 1. The monoisotopic (exact) mass is 312 g/mol. The molecule has 1 N–H and O–H groups in total. The molecule has 2 nitrogen and oxygen atoms in total. The van der Waals surface area contributed by atoms with Gasteiger partial charge in [0.2, 0.25) is 0 Å². The number of fused-ring (bicyclic) bond motifs is 1. The molecule has 0 aliphatic heterocycles. The number of allylic oxidation sites excluding steroid dienone is 2. The summed E-state index contributed by atoms with van der Waals surface area (Å²) in [5.41, 5.74) is 3.77. The Bertz CT molecular complexity index is 900. The molecule has 3 aromatic carbocycles. The van der Waals surface area contributed by atoms with Crippen LogP contribution >= 0.6 is 0 Å². The van der Waals surface area contributed by atoms with Crippen LogP contribution in [0.25, 0.3) is 16.5 Å². The summed E-state index contributed by atoms with van der Waals surface area (Å²) in [5, 5.41) is 5.85. The fourth-order valence-corrected chi connectivity index (χ4v) is 2.52. The SMILES string of the molecule is C=C(N=C/C(=C\C)Nc1cccc2ccccc12)c1ccccc1. The molecule has 0 heterocycles. The van der Waals surface area contributed by atoms with Crippen molar-refractivity contribution >= 4 is 28.4 Å². The molecule has 3 aromatic rings. The van der Waals surface area contributed by atoms with Crippen LogP contribution in [0.4, 0.5) is 5.69 Å². The van der Waals surface area contributed by atoms with Crippen molar-refractivity contribution < 1.29 is 0 Å². The van der Waals surface area contributed by atoms with Gasteiger partial charge in [-0.15, -0.1) is 0 Å². The van der Waals surface area contributed by atoms with Crippen LogP contribution in [-0.2, 0) is 0 Å². The van der Waals surface area contributed by atoms with Crippen LogP contribution in [0.3, 0.4) is 0 Å². The van der Waals surface area contributed by atoms with Crippen LogP contribution in [0, 0.1) is 0 Å². The molecule has 2 heteroatoms. The van der Waals surface area contributed by atoms with Crippen LogP contribution in [0.1, 0.15) is 12.5 Å². The first-order valence-corrected chi connectivity index (χ1v) is 7.97. The fourth-order valence-electron chi connectivity index (χ4n) is 2.52. The molecule has 0 fully saturated rings. The first-order valence-electron chi connectivity index (χ1n) is 7.97. The van der Waals surface area contributed by atoms with Gasteiger partial charge in [0.15, 0.2) is 0 Å². The molecule has 0 aromatic heterocycles. The topological polar surface area (TPSA) is 24.4 Å². The van der Waals surface area contributed by atoms with Crippen molar-refractivity contribution in [2.45, 2.75) is 6.92 Å². The lowest BCUT2D eigenvalue weighted by Gasteiger charge is -2.10. The summed E-state index contributed by atoms with van der Waals surface area (Å²) in [4.78, 5) is 4.49. The Kier molecular flexibility index (Phi) is 4.87. The predicted octanol–water partition coefficient (Wildman–Crippen LogP) is 5.90. The minimum absolute atomic E-state index is 0.745. The van der Waals surface area contributed by atoms with E-state index in [9.17, 15) is 0 Å². The Morgan fingerprint density at radius 1 is 0.917 bits per heavy atom. The quantitative estimate of drug-likeness (QED) is 0.583. The first kappa shape index (κ1) is 15.8. The van der Waals surface area contributed by atoms with Crippen molar-refractivity contribution in [1.82, 2.24) is 0 Å². The van der Waals surface area contributed by atoms with Crippen molar-refractivity contribution in [3.63, 3.8) is 0 Å². The third-order valence-electron chi connectivity index (χ3n) is 3.85. The highest BCUT2D eigenvalue weighted by Gasteiger charge is 2.01. The lowest BCUT2D eigenvalue weighted by atomic mass is 10.1. The summed E-state index contributed by atoms with van der Waals surface area (Å²) in [6.45, 7) is 6.03. The number of aliphatic imine (C=N–C) groups is 1. The van der Waals surface area contributed by atoms with E-state index in [2.05, 4.69) is 47.2 Å². The molecule has 24 heavy (non-hydrogen) atoms. The summed E-state index contributed by atoms with van der Waals surface area (Å²) >= 11 is 0. The summed E-state index contributed by atoms with van der Waals surface area (Å²) in [7, 11) is 0. The standard InChI is InChI=1S/C22H20N2/c1-3-20(16-23-17(2)18-10-5-4-6-11-18)24-22-15-9-13-19-12-7-8-14-21(19)22/h3-16,24H,2H2,1H3/b20-3+,23-16?. The van der Waals surface area contributed by atoms with E-state index in [-0.39, 0.29) is 0 Å². The molecular formula is C22H20N2. The molecule has 0 radical (unpaired) electrons. The van der Waals surface area contributed by atoms with Crippen molar-refractivity contribution in [3.8, 4) is 0 Å². The third-order valence-corrected chi connectivity index (χ3v) is 3.85. The van der Waals surface area contributed by atoms with Gasteiger partial charge in [-0.2, -0.15) is 0 Å². The fraction of sp³-hybridized carbons (Fsp3) is 0.0455. The van der Waals surface area contributed by atoms with E-state index < -0.39 is 0 Å². The van der Waals surface area contributed by atoms with Crippen molar-refractivity contribution in [2.24, 2.45) is 4.99 Å². The summed E-state index contributed by atoms with van der Waals surface area (Å²) < 4.78 is 0. The average Bonchev–Trinajstić information content (AvgIpc) is 2.65. The molecule has 0 amide bonds.